The lowest BCUT2D eigenvalue weighted by Crippen LogP contribution is -2.29. The van der Waals surface area contributed by atoms with Crippen molar-refractivity contribution >= 4 is 5.97 Å². The van der Waals surface area contributed by atoms with Crippen molar-refractivity contribution in [1.29, 1.82) is 0 Å². The fourth-order valence-electron chi connectivity index (χ4n) is 3.35. The van der Waals surface area contributed by atoms with Crippen LogP contribution in [-0.2, 0) is 4.74 Å². The normalized spacial score (nSPS) is 25.0. The van der Waals surface area contributed by atoms with E-state index in [1.165, 1.54) is 19.3 Å². The first kappa shape index (κ1) is 16.9. The number of rotatable bonds is 5. The molecule has 0 spiro atoms. The van der Waals surface area contributed by atoms with Gasteiger partial charge in [0.05, 0.1) is 19.3 Å². The van der Waals surface area contributed by atoms with E-state index < -0.39 is 0 Å². The highest BCUT2D eigenvalue weighted by Crippen LogP contribution is 2.37. The molecule has 3 atom stereocenters. The molecule has 1 aromatic carbocycles. The number of hydrogen-bond acceptors (Lipinski definition) is 3. The van der Waals surface area contributed by atoms with E-state index in [4.69, 9.17) is 9.47 Å². The fourth-order valence-corrected chi connectivity index (χ4v) is 3.35. The Morgan fingerprint density at radius 3 is 2.45 bits per heavy atom. The molecular weight excluding hydrogens is 276 g/mol. The molecule has 0 N–H and O–H groups in total. The molecule has 3 unspecified atom stereocenters. The maximum absolute atomic E-state index is 12.1. The van der Waals surface area contributed by atoms with Crippen LogP contribution in [0.1, 0.15) is 50.4 Å². The third kappa shape index (κ3) is 4.25. The minimum Gasteiger partial charge on any atom is -0.497 e. The van der Waals surface area contributed by atoms with Crippen molar-refractivity contribution in [1.82, 2.24) is 0 Å². The van der Waals surface area contributed by atoms with Gasteiger partial charge in [-0.25, -0.2) is 4.79 Å². The predicted octanol–water partition coefficient (Wildman–Crippen LogP) is 4.56. The Hall–Kier alpha value is -1.51. The third-order valence-electron chi connectivity index (χ3n) is 5.08. The summed E-state index contributed by atoms with van der Waals surface area (Å²) < 4.78 is 10.6. The number of carbonyl (C=O) groups is 1. The first-order valence-corrected chi connectivity index (χ1v) is 8.32. The van der Waals surface area contributed by atoms with Crippen LogP contribution in [0, 0.1) is 23.7 Å². The Balaban J connectivity index is 1.83. The molecule has 0 bridgehead atoms. The van der Waals surface area contributed by atoms with Gasteiger partial charge in [0.25, 0.3) is 0 Å². The highest BCUT2D eigenvalue weighted by atomic mass is 16.5. The van der Waals surface area contributed by atoms with Crippen LogP contribution >= 0.6 is 0 Å². The Bertz CT molecular complexity index is 478. The molecule has 0 radical (unpaired) electrons. The Morgan fingerprint density at radius 2 is 1.91 bits per heavy atom. The Kier molecular flexibility index (Phi) is 5.87. The zero-order chi connectivity index (χ0) is 16.1. The lowest BCUT2D eigenvalue weighted by atomic mass is 9.71. The van der Waals surface area contributed by atoms with E-state index in [9.17, 15) is 4.79 Å². The zero-order valence-electron chi connectivity index (χ0n) is 14.2. The van der Waals surface area contributed by atoms with Gasteiger partial charge in [0, 0.05) is 0 Å². The van der Waals surface area contributed by atoms with Crippen molar-refractivity contribution in [2.24, 2.45) is 23.7 Å². The van der Waals surface area contributed by atoms with Crippen molar-refractivity contribution in [3.8, 4) is 5.75 Å². The molecule has 3 nitrogen and oxygen atoms in total. The van der Waals surface area contributed by atoms with Gasteiger partial charge in [-0.3, -0.25) is 0 Å². The Morgan fingerprint density at radius 1 is 1.23 bits per heavy atom. The number of methoxy groups -OCH3 is 1. The summed E-state index contributed by atoms with van der Waals surface area (Å²) in [5.41, 5.74) is 0.587. The summed E-state index contributed by atoms with van der Waals surface area (Å²) in [4.78, 5) is 12.1. The molecule has 2 rings (SSSR count). The summed E-state index contributed by atoms with van der Waals surface area (Å²) in [5, 5.41) is 0. The minimum absolute atomic E-state index is 0.235. The van der Waals surface area contributed by atoms with E-state index >= 15 is 0 Å². The SMILES string of the molecule is COc1ccc(C(=O)OCC2CCC(C(C)C)CC2C)cc1. The third-order valence-corrected chi connectivity index (χ3v) is 5.08. The highest BCUT2D eigenvalue weighted by Gasteiger charge is 2.29. The van der Waals surface area contributed by atoms with Gasteiger partial charge in [-0.15, -0.1) is 0 Å². The smallest absolute Gasteiger partial charge is 0.338 e. The van der Waals surface area contributed by atoms with Crippen LogP contribution in [0.25, 0.3) is 0 Å². The summed E-state index contributed by atoms with van der Waals surface area (Å²) in [7, 11) is 1.61. The molecular formula is C19H28O3. The highest BCUT2D eigenvalue weighted by molar-refractivity contribution is 5.89. The van der Waals surface area contributed by atoms with Crippen molar-refractivity contribution < 1.29 is 14.3 Å². The van der Waals surface area contributed by atoms with Gasteiger partial charge in [0.15, 0.2) is 0 Å². The molecule has 0 saturated heterocycles. The molecule has 0 amide bonds. The molecule has 3 heteroatoms. The van der Waals surface area contributed by atoms with E-state index in [2.05, 4.69) is 20.8 Å². The fraction of sp³-hybridized carbons (Fsp3) is 0.632. The second kappa shape index (κ2) is 7.66. The molecule has 1 aliphatic carbocycles. The standard InChI is InChI=1S/C19H28O3/c1-13(2)16-5-6-17(14(3)11-16)12-22-19(20)15-7-9-18(21-4)10-8-15/h7-10,13-14,16-17H,5-6,11-12H2,1-4H3. The Labute approximate surface area is 134 Å². The summed E-state index contributed by atoms with van der Waals surface area (Å²) >= 11 is 0. The van der Waals surface area contributed by atoms with Crippen molar-refractivity contribution in [3.05, 3.63) is 29.8 Å². The summed E-state index contributed by atoms with van der Waals surface area (Å²) in [6, 6.07) is 7.07. The molecule has 0 aromatic heterocycles. The van der Waals surface area contributed by atoms with E-state index in [1.54, 1.807) is 31.4 Å². The number of benzene rings is 1. The van der Waals surface area contributed by atoms with Gasteiger partial charge in [-0.05, 0) is 67.2 Å². The van der Waals surface area contributed by atoms with Crippen LogP contribution < -0.4 is 4.74 Å². The van der Waals surface area contributed by atoms with E-state index in [0.717, 1.165) is 17.6 Å². The average Bonchev–Trinajstić information content (AvgIpc) is 2.53. The van der Waals surface area contributed by atoms with E-state index in [-0.39, 0.29) is 5.97 Å². The van der Waals surface area contributed by atoms with Crippen molar-refractivity contribution in [2.75, 3.05) is 13.7 Å². The largest absolute Gasteiger partial charge is 0.497 e. The summed E-state index contributed by atoms with van der Waals surface area (Å²) in [6.45, 7) is 7.44. The molecule has 1 fully saturated rings. The summed E-state index contributed by atoms with van der Waals surface area (Å²) in [5.74, 6) is 3.22. The van der Waals surface area contributed by atoms with Gasteiger partial charge in [0.2, 0.25) is 0 Å². The van der Waals surface area contributed by atoms with Crippen LogP contribution in [0.5, 0.6) is 5.75 Å². The average molecular weight is 304 g/mol. The molecule has 1 aliphatic rings. The van der Waals surface area contributed by atoms with Crippen LogP contribution in [0.4, 0.5) is 0 Å². The quantitative estimate of drug-likeness (QED) is 0.748. The van der Waals surface area contributed by atoms with Crippen molar-refractivity contribution in [3.63, 3.8) is 0 Å². The maximum Gasteiger partial charge on any atom is 0.338 e. The first-order valence-electron chi connectivity index (χ1n) is 8.32. The van der Waals surface area contributed by atoms with Gasteiger partial charge in [0.1, 0.15) is 5.75 Å². The predicted molar refractivity (Wildman–Crippen MR) is 88.1 cm³/mol. The van der Waals surface area contributed by atoms with Crippen LogP contribution in [0.3, 0.4) is 0 Å². The molecule has 1 saturated carbocycles. The number of esters is 1. The number of hydrogen-bond donors (Lipinski definition) is 0. The second-order valence-corrected chi connectivity index (χ2v) is 6.88. The maximum atomic E-state index is 12.1. The monoisotopic (exact) mass is 304 g/mol. The van der Waals surface area contributed by atoms with Crippen LogP contribution in [0.2, 0.25) is 0 Å². The number of ether oxygens (including phenoxy) is 2. The summed E-state index contributed by atoms with van der Waals surface area (Å²) in [6.07, 6.45) is 3.68. The zero-order valence-corrected chi connectivity index (χ0v) is 14.2. The molecule has 22 heavy (non-hydrogen) atoms. The van der Waals surface area contributed by atoms with Gasteiger partial charge < -0.3 is 9.47 Å². The lowest BCUT2D eigenvalue weighted by Gasteiger charge is -2.35. The molecule has 1 aromatic rings. The van der Waals surface area contributed by atoms with Crippen LogP contribution in [-0.4, -0.2) is 19.7 Å². The van der Waals surface area contributed by atoms with Gasteiger partial charge in [-0.1, -0.05) is 20.8 Å². The van der Waals surface area contributed by atoms with Crippen molar-refractivity contribution in [2.45, 2.75) is 40.0 Å². The van der Waals surface area contributed by atoms with Gasteiger partial charge >= 0.3 is 5.97 Å². The minimum atomic E-state index is -0.235. The van der Waals surface area contributed by atoms with E-state index in [1.807, 2.05) is 0 Å². The molecule has 0 heterocycles. The topological polar surface area (TPSA) is 35.5 Å². The number of carbonyl (C=O) groups excluding carboxylic acids is 1. The van der Waals surface area contributed by atoms with E-state index in [0.29, 0.717) is 24.0 Å². The second-order valence-electron chi connectivity index (χ2n) is 6.88. The lowest BCUT2D eigenvalue weighted by molar-refractivity contribution is 0.0301. The first-order chi connectivity index (χ1) is 10.5. The molecule has 0 aliphatic heterocycles. The molecule has 122 valence electrons. The van der Waals surface area contributed by atoms with Gasteiger partial charge in [-0.2, -0.15) is 0 Å². The van der Waals surface area contributed by atoms with Crippen LogP contribution in [0.15, 0.2) is 24.3 Å².